The van der Waals surface area contributed by atoms with Gasteiger partial charge in [-0.15, -0.1) is 0 Å². The first-order chi connectivity index (χ1) is 8.75. The summed E-state index contributed by atoms with van der Waals surface area (Å²) in [6, 6.07) is 0. The van der Waals surface area contributed by atoms with Gasteiger partial charge in [-0.25, -0.2) is 4.72 Å². The summed E-state index contributed by atoms with van der Waals surface area (Å²) in [7, 11) is -3.56. The molecule has 0 aromatic heterocycles. The number of carboxylic acids is 1. The topological polar surface area (TPSA) is 86.7 Å². The molecule has 2 atom stereocenters. The molecule has 6 nitrogen and oxygen atoms in total. The van der Waals surface area contributed by atoms with Crippen LogP contribution >= 0.6 is 0 Å². The fourth-order valence-corrected chi connectivity index (χ4v) is 4.28. The Morgan fingerprint density at radius 3 is 2.26 bits per heavy atom. The van der Waals surface area contributed by atoms with Gasteiger partial charge in [0, 0.05) is 19.6 Å². The fraction of sp³-hybridized carbons (Fsp3) is 0.917. The fourth-order valence-electron chi connectivity index (χ4n) is 2.74. The van der Waals surface area contributed by atoms with Crippen molar-refractivity contribution in [3.63, 3.8) is 0 Å². The van der Waals surface area contributed by atoms with E-state index in [1.165, 1.54) is 4.31 Å². The van der Waals surface area contributed by atoms with Crippen LogP contribution < -0.4 is 4.72 Å². The minimum atomic E-state index is -3.56. The van der Waals surface area contributed by atoms with Gasteiger partial charge in [0.05, 0.1) is 5.41 Å². The molecule has 0 bridgehead atoms. The molecule has 1 aliphatic carbocycles. The lowest BCUT2D eigenvalue weighted by molar-refractivity contribution is -0.143. The molecule has 19 heavy (non-hydrogen) atoms. The monoisotopic (exact) mass is 290 g/mol. The first-order valence-electron chi connectivity index (χ1n) is 6.73. The van der Waals surface area contributed by atoms with E-state index in [1.807, 2.05) is 13.8 Å². The van der Waals surface area contributed by atoms with Gasteiger partial charge in [-0.05, 0) is 31.1 Å². The van der Waals surface area contributed by atoms with E-state index in [1.54, 1.807) is 0 Å². The third-order valence-electron chi connectivity index (χ3n) is 4.08. The second kappa shape index (κ2) is 5.03. The van der Waals surface area contributed by atoms with Crippen LogP contribution in [0.2, 0.25) is 0 Å². The van der Waals surface area contributed by atoms with Crippen LogP contribution in [0, 0.1) is 17.3 Å². The number of nitrogens with one attached hydrogen (secondary N) is 1. The molecule has 0 amide bonds. The summed E-state index contributed by atoms with van der Waals surface area (Å²) < 4.78 is 28.3. The zero-order valence-electron chi connectivity index (χ0n) is 11.4. The number of carboxylic acid groups (broad SMARTS) is 1. The van der Waals surface area contributed by atoms with Crippen LogP contribution in [0.15, 0.2) is 0 Å². The molecule has 0 spiro atoms. The van der Waals surface area contributed by atoms with Crippen LogP contribution in [0.25, 0.3) is 0 Å². The Morgan fingerprint density at radius 1 is 1.32 bits per heavy atom. The molecular weight excluding hydrogens is 268 g/mol. The van der Waals surface area contributed by atoms with Crippen molar-refractivity contribution in [2.24, 2.45) is 17.3 Å². The quantitative estimate of drug-likeness (QED) is 0.779. The SMILES string of the molecule is CC1CC(C)CN(S(=O)(=O)NCC2(C(=O)O)CC2)C1. The van der Waals surface area contributed by atoms with Gasteiger partial charge in [-0.2, -0.15) is 12.7 Å². The molecule has 7 heteroatoms. The Hall–Kier alpha value is -0.660. The highest BCUT2D eigenvalue weighted by molar-refractivity contribution is 7.87. The van der Waals surface area contributed by atoms with Gasteiger partial charge in [-0.1, -0.05) is 13.8 Å². The number of hydrogen-bond donors (Lipinski definition) is 2. The number of aliphatic carboxylic acids is 1. The highest BCUT2D eigenvalue weighted by Gasteiger charge is 2.51. The molecule has 1 heterocycles. The lowest BCUT2D eigenvalue weighted by Gasteiger charge is -2.34. The molecule has 2 unspecified atom stereocenters. The van der Waals surface area contributed by atoms with Gasteiger partial charge in [0.2, 0.25) is 0 Å². The van der Waals surface area contributed by atoms with Gasteiger partial charge >= 0.3 is 5.97 Å². The molecule has 2 fully saturated rings. The van der Waals surface area contributed by atoms with Crippen molar-refractivity contribution in [2.75, 3.05) is 19.6 Å². The minimum Gasteiger partial charge on any atom is -0.481 e. The number of carbonyl (C=O) groups is 1. The lowest BCUT2D eigenvalue weighted by atomic mass is 9.94. The summed E-state index contributed by atoms with van der Waals surface area (Å²) in [6.45, 7) is 5.11. The molecule has 2 N–H and O–H groups in total. The summed E-state index contributed by atoms with van der Waals surface area (Å²) >= 11 is 0. The van der Waals surface area contributed by atoms with E-state index in [0.717, 1.165) is 6.42 Å². The van der Waals surface area contributed by atoms with E-state index in [9.17, 15) is 13.2 Å². The summed E-state index contributed by atoms with van der Waals surface area (Å²) in [5.74, 6) is -0.222. The predicted octanol–water partition coefficient (Wildman–Crippen LogP) is 0.664. The van der Waals surface area contributed by atoms with Crippen LogP contribution in [0.5, 0.6) is 0 Å². The first kappa shape index (κ1) is 14.7. The molecule has 0 aromatic carbocycles. The number of nitrogens with zero attached hydrogens (tertiary/aromatic N) is 1. The molecule has 2 rings (SSSR count). The van der Waals surface area contributed by atoms with Crippen molar-refractivity contribution >= 4 is 16.2 Å². The number of piperidine rings is 1. The Labute approximate surface area is 114 Å². The zero-order chi connectivity index (χ0) is 14.3. The summed E-state index contributed by atoms with van der Waals surface area (Å²) in [5, 5.41) is 9.05. The van der Waals surface area contributed by atoms with Gasteiger partial charge in [0.25, 0.3) is 10.2 Å². The average molecular weight is 290 g/mol. The van der Waals surface area contributed by atoms with Gasteiger partial charge in [0.1, 0.15) is 0 Å². The van der Waals surface area contributed by atoms with E-state index in [4.69, 9.17) is 5.11 Å². The molecule has 2 aliphatic rings. The Morgan fingerprint density at radius 2 is 1.84 bits per heavy atom. The van der Waals surface area contributed by atoms with Crippen molar-refractivity contribution in [1.29, 1.82) is 0 Å². The molecular formula is C12H22N2O4S. The lowest BCUT2D eigenvalue weighted by Crippen LogP contribution is -2.49. The average Bonchev–Trinajstić information content (AvgIpc) is 3.06. The molecule has 110 valence electrons. The summed E-state index contributed by atoms with van der Waals surface area (Å²) in [5.41, 5.74) is -0.861. The van der Waals surface area contributed by atoms with Crippen molar-refractivity contribution in [1.82, 2.24) is 9.03 Å². The van der Waals surface area contributed by atoms with E-state index in [-0.39, 0.29) is 6.54 Å². The maximum absolute atomic E-state index is 12.2. The third kappa shape index (κ3) is 3.27. The smallest absolute Gasteiger partial charge is 0.310 e. The van der Waals surface area contributed by atoms with Crippen LogP contribution in [-0.4, -0.2) is 43.4 Å². The van der Waals surface area contributed by atoms with Gasteiger partial charge in [0.15, 0.2) is 0 Å². The normalized spacial score (nSPS) is 31.1. The molecule has 0 aromatic rings. The van der Waals surface area contributed by atoms with Crippen LogP contribution in [0.1, 0.15) is 33.1 Å². The van der Waals surface area contributed by atoms with Crippen molar-refractivity contribution in [2.45, 2.75) is 33.1 Å². The van der Waals surface area contributed by atoms with E-state index >= 15 is 0 Å². The van der Waals surface area contributed by atoms with E-state index in [0.29, 0.717) is 37.8 Å². The zero-order valence-corrected chi connectivity index (χ0v) is 12.2. The number of hydrogen-bond acceptors (Lipinski definition) is 3. The van der Waals surface area contributed by atoms with Crippen molar-refractivity contribution < 1.29 is 18.3 Å². The third-order valence-corrected chi connectivity index (χ3v) is 5.56. The maximum atomic E-state index is 12.2. The van der Waals surface area contributed by atoms with Crippen LogP contribution in [-0.2, 0) is 15.0 Å². The predicted molar refractivity (Wildman–Crippen MR) is 70.7 cm³/mol. The number of rotatable bonds is 5. The van der Waals surface area contributed by atoms with Crippen molar-refractivity contribution in [3.05, 3.63) is 0 Å². The molecule has 0 radical (unpaired) electrons. The Bertz CT molecular complexity index is 448. The molecule has 1 saturated heterocycles. The summed E-state index contributed by atoms with van der Waals surface area (Å²) in [4.78, 5) is 11.0. The highest BCUT2D eigenvalue weighted by atomic mass is 32.2. The van der Waals surface area contributed by atoms with E-state index < -0.39 is 21.6 Å². The second-order valence-corrected chi connectivity index (χ2v) is 7.93. The van der Waals surface area contributed by atoms with Gasteiger partial charge in [-0.3, -0.25) is 4.79 Å². The summed E-state index contributed by atoms with van der Waals surface area (Å²) in [6.07, 6.45) is 2.14. The largest absolute Gasteiger partial charge is 0.481 e. The Kier molecular flexibility index (Phi) is 3.90. The first-order valence-corrected chi connectivity index (χ1v) is 8.17. The highest BCUT2D eigenvalue weighted by Crippen LogP contribution is 2.45. The second-order valence-electron chi connectivity index (χ2n) is 6.17. The van der Waals surface area contributed by atoms with Crippen LogP contribution in [0.4, 0.5) is 0 Å². The minimum absolute atomic E-state index is 0.00390. The Balaban J connectivity index is 1.97. The van der Waals surface area contributed by atoms with E-state index in [2.05, 4.69) is 4.72 Å². The molecule has 1 aliphatic heterocycles. The van der Waals surface area contributed by atoms with Gasteiger partial charge < -0.3 is 5.11 Å². The van der Waals surface area contributed by atoms with Crippen LogP contribution in [0.3, 0.4) is 0 Å². The maximum Gasteiger partial charge on any atom is 0.310 e. The van der Waals surface area contributed by atoms with Crippen molar-refractivity contribution in [3.8, 4) is 0 Å². The standard InChI is InChI=1S/C12H22N2O4S/c1-9-5-10(2)7-14(6-9)19(17,18)13-8-12(3-4-12)11(15)16/h9-10,13H,3-8H2,1-2H3,(H,15,16). The molecule has 1 saturated carbocycles.